The van der Waals surface area contributed by atoms with Gasteiger partial charge >= 0.3 is 0 Å². The maximum absolute atomic E-state index is 13.6. The molecule has 5 nitrogen and oxygen atoms in total. The summed E-state index contributed by atoms with van der Waals surface area (Å²) in [5.74, 6) is 1.67. The average Bonchev–Trinajstić information content (AvgIpc) is 2.78. The third-order valence-electron chi connectivity index (χ3n) is 5.44. The van der Waals surface area contributed by atoms with Gasteiger partial charge in [0.1, 0.15) is 12.2 Å². The van der Waals surface area contributed by atoms with E-state index >= 15 is 0 Å². The molecule has 0 aliphatic carbocycles. The van der Waals surface area contributed by atoms with Crippen molar-refractivity contribution < 1.29 is 18.6 Å². The lowest BCUT2D eigenvalue weighted by Gasteiger charge is -2.15. The van der Waals surface area contributed by atoms with Crippen LogP contribution in [-0.4, -0.2) is 14.2 Å². The fourth-order valence-electron chi connectivity index (χ4n) is 3.81. The molecule has 0 saturated carbocycles. The van der Waals surface area contributed by atoms with E-state index in [2.05, 4.69) is 0 Å². The van der Waals surface area contributed by atoms with Gasteiger partial charge in [-0.2, -0.15) is 0 Å². The Labute approximate surface area is 187 Å². The van der Waals surface area contributed by atoms with Crippen molar-refractivity contribution in [3.63, 3.8) is 0 Å². The molecule has 0 N–H and O–H groups in total. The number of benzene rings is 3. The Morgan fingerprint density at radius 1 is 0.812 bits per heavy atom. The van der Waals surface area contributed by atoms with Gasteiger partial charge in [-0.25, -0.2) is 0 Å². The van der Waals surface area contributed by atoms with Gasteiger partial charge < -0.3 is 18.6 Å². The van der Waals surface area contributed by atoms with E-state index in [0.717, 1.165) is 22.3 Å². The van der Waals surface area contributed by atoms with Crippen LogP contribution in [0.3, 0.4) is 0 Å². The summed E-state index contributed by atoms with van der Waals surface area (Å²) in [4.78, 5) is 13.6. The van der Waals surface area contributed by atoms with Gasteiger partial charge in [0.15, 0.2) is 17.3 Å². The highest BCUT2D eigenvalue weighted by Gasteiger charge is 2.21. The van der Waals surface area contributed by atoms with Crippen molar-refractivity contribution in [3.05, 3.63) is 87.1 Å². The van der Waals surface area contributed by atoms with E-state index in [4.69, 9.17) is 18.6 Å². The smallest absolute Gasteiger partial charge is 0.235 e. The molecule has 4 rings (SSSR count). The van der Waals surface area contributed by atoms with Crippen LogP contribution in [0.2, 0.25) is 0 Å². The van der Waals surface area contributed by atoms with E-state index in [0.29, 0.717) is 33.8 Å². The molecule has 0 radical (unpaired) electrons. The molecule has 0 aliphatic heterocycles. The van der Waals surface area contributed by atoms with Crippen LogP contribution in [0.1, 0.15) is 22.3 Å². The second-order valence-electron chi connectivity index (χ2n) is 7.89. The molecule has 0 unspecified atom stereocenters. The lowest BCUT2D eigenvalue weighted by Crippen LogP contribution is -2.11. The molecule has 164 valence electrons. The lowest BCUT2D eigenvalue weighted by molar-refractivity contribution is 0.297. The quantitative estimate of drug-likeness (QED) is 0.377. The summed E-state index contributed by atoms with van der Waals surface area (Å²) in [5.41, 5.74) is 5.00. The standard InChI is InChI=1S/C27H26O5/c1-16-6-8-19(9-7-16)15-31-27-25(28)24-18(3)12-17(2)13-23(24)32-26(27)20-10-11-21(29-4)22(14-20)30-5/h6-14H,15H2,1-5H3. The Kier molecular flexibility index (Phi) is 5.91. The highest BCUT2D eigenvalue weighted by Crippen LogP contribution is 2.37. The first-order valence-electron chi connectivity index (χ1n) is 10.4. The minimum Gasteiger partial charge on any atom is -0.493 e. The number of methoxy groups -OCH3 is 2. The zero-order chi connectivity index (χ0) is 22.8. The van der Waals surface area contributed by atoms with Crippen molar-refractivity contribution in [2.45, 2.75) is 27.4 Å². The summed E-state index contributed by atoms with van der Waals surface area (Å²) in [5, 5.41) is 0.527. The Morgan fingerprint density at radius 3 is 2.22 bits per heavy atom. The minimum absolute atomic E-state index is 0.178. The SMILES string of the molecule is COc1ccc(-c2oc3cc(C)cc(C)c3c(=O)c2OCc2ccc(C)cc2)cc1OC. The molecular weight excluding hydrogens is 404 g/mol. The van der Waals surface area contributed by atoms with E-state index in [-0.39, 0.29) is 17.8 Å². The predicted molar refractivity (Wildman–Crippen MR) is 126 cm³/mol. The molecule has 1 heterocycles. The monoisotopic (exact) mass is 430 g/mol. The molecule has 0 saturated heterocycles. The van der Waals surface area contributed by atoms with E-state index in [1.165, 1.54) is 0 Å². The molecule has 0 atom stereocenters. The highest BCUT2D eigenvalue weighted by atomic mass is 16.5. The first-order chi connectivity index (χ1) is 15.4. The van der Waals surface area contributed by atoms with Crippen LogP contribution < -0.4 is 19.6 Å². The number of hydrogen-bond donors (Lipinski definition) is 0. The fraction of sp³-hybridized carbons (Fsp3) is 0.222. The molecule has 0 fully saturated rings. The normalized spacial score (nSPS) is 10.9. The fourth-order valence-corrected chi connectivity index (χ4v) is 3.81. The van der Waals surface area contributed by atoms with E-state index < -0.39 is 0 Å². The summed E-state index contributed by atoms with van der Waals surface area (Å²) in [7, 11) is 3.15. The number of rotatable bonds is 6. The van der Waals surface area contributed by atoms with Crippen LogP contribution in [0.4, 0.5) is 0 Å². The summed E-state index contributed by atoms with van der Waals surface area (Å²) < 4.78 is 23.2. The summed E-state index contributed by atoms with van der Waals surface area (Å²) in [6.45, 7) is 6.17. The molecular formula is C27H26O5. The average molecular weight is 431 g/mol. The predicted octanol–water partition coefficient (Wildman–Crippen LogP) is 5.98. The van der Waals surface area contributed by atoms with Gasteiger partial charge in [0.2, 0.25) is 11.2 Å². The van der Waals surface area contributed by atoms with Crippen molar-refractivity contribution in [2.24, 2.45) is 0 Å². The van der Waals surface area contributed by atoms with Crippen LogP contribution in [0.5, 0.6) is 17.2 Å². The van der Waals surface area contributed by atoms with Crippen LogP contribution in [0.25, 0.3) is 22.3 Å². The first-order valence-corrected chi connectivity index (χ1v) is 10.4. The maximum Gasteiger partial charge on any atom is 0.235 e. The zero-order valence-corrected chi connectivity index (χ0v) is 18.9. The van der Waals surface area contributed by atoms with Crippen molar-refractivity contribution in [2.75, 3.05) is 14.2 Å². The molecule has 1 aromatic heterocycles. The largest absolute Gasteiger partial charge is 0.493 e. The second-order valence-corrected chi connectivity index (χ2v) is 7.89. The van der Waals surface area contributed by atoms with Crippen molar-refractivity contribution in [3.8, 4) is 28.6 Å². The van der Waals surface area contributed by atoms with Crippen molar-refractivity contribution in [1.29, 1.82) is 0 Å². The summed E-state index contributed by atoms with van der Waals surface area (Å²) in [6, 6.07) is 17.2. The van der Waals surface area contributed by atoms with Gasteiger partial charge in [-0.1, -0.05) is 35.9 Å². The zero-order valence-electron chi connectivity index (χ0n) is 18.9. The van der Waals surface area contributed by atoms with Gasteiger partial charge in [-0.05, 0) is 61.7 Å². The Balaban J connectivity index is 1.90. The van der Waals surface area contributed by atoms with E-state index in [1.54, 1.807) is 26.4 Å². The number of hydrogen-bond acceptors (Lipinski definition) is 5. The lowest BCUT2D eigenvalue weighted by atomic mass is 10.0. The second kappa shape index (κ2) is 8.79. The van der Waals surface area contributed by atoms with Gasteiger partial charge in [-0.3, -0.25) is 4.79 Å². The van der Waals surface area contributed by atoms with Gasteiger partial charge in [-0.15, -0.1) is 0 Å². The van der Waals surface area contributed by atoms with E-state index in [1.807, 2.05) is 63.2 Å². The van der Waals surface area contributed by atoms with Gasteiger partial charge in [0.25, 0.3) is 0 Å². The third kappa shape index (κ3) is 4.06. The molecule has 0 aliphatic rings. The maximum atomic E-state index is 13.6. The molecule has 4 aromatic rings. The van der Waals surface area contributed by atoms with Gasteiger partial charge in [0, 0.05) is 5.56 Å². The van der Waals surface area contributed by atoms with Gasteiger partial charge in [0.05, 0.1) is 19.6 Å². The molecule has 0 spiro atoms. The van der Waals surface area contributed by atoms with Crippen LogP contribution >= 0.6 is 0 Å². The summed E-state index contributed by atoms with van der Waals surface area (Å²) >= 11 is 0. The Bertz CT molecular complexity index is 1330. The number of ether oxygens (including phenoxy) is 3. The Morgan fingerprint density at radius 2 is 1.53 bits per heavy atom. The molecule has 5 heteroatoms. The van der Waals surface area contributed by atoms with Crippen molar-refractivity contribution in [1.82, 2.24) is 0 Å². The Hall–Kier alpha value is -3.73. The van der Waals surface area contributed by atoms with E-state index in [9.17, 15) is 4.79 Å². The van der Waals surface area contributed by atoms with Crippen LogP contribution in [0.15, 0.2) is 63.8 Å². The van der Waals surface area contributed by atoms with Crippen LogP contribution in [0, 0.1) is 20.8 Å². The molecule has 0 bridgehead atoms. The highest BCUT2D eigenvalue weighted by molar-refractivity contribution is 5.85. The first kappa shape index (κ1) is 21.5. The third-order valence-corrected chi connectivity index (χ3v) is 5.44. The number of aryl methyl sites for hydroxylation is 3. The van der Waals surface area contributed by atoms with Crippen molar-refractivity contribution >= 4 is 11.0 Å². The number of fused-ring (bicyclic) bond motifs is 1. The molecule has 32 heavy (non-hydrogen) atoms. The molecule has 0 amide bonds. The topological polar surface area (TPSA) is 57.9 Å². The van der Waals surface area contributed by atoms with Crippen LogP contribution in [-0.2, 0) is 6.61 Å². The summed E-state index contributed by atoms with van der Waals surface area (Å²) in [6.07, 6.45) is 0. The molecule has 3 aromatic carbocycles. The minimum atomic E-state index is -0.194.